The molecule has 3 rings (SSSR count). The molecule has 0 unspecified atom stereocenters. The molecule has 0 aliphatic rings. The molecule has 0 saturated heterocycles. The molecule has 0 aliphatic carbocycles. The van der Waals surface area contributed by atoms with E-state index in [1.54, 1.807) is 24.7 Å². The molecule has 1 aromatic carbocycles. The second-order valence-electron chi connectivity index (χ2n) is 5.40. The Balaban J connectivity index is 1.40. The Morgan fingerprint density at radius 2 is 2.00 bits per heavy atom. The van der Waals surface area contributed by atoms with E-state index >= 15 is 0 Å². The molecule has 0 bridgehead atoms. The largest absolute Gasteiger partial charge is 0.459 e. The Hall–Kier alpha value is -3.35. The van der Waals surface area contributed by atoms with E-state index < -0.39 is 0 Å². The van der Waals surface area contributed by atoms with Crippen molar-refractivity contribution in [3.05, 3.63) is 67.1 Å². The lowest BCUT2D eigenvalue weighted by atomic mass is 10.2. The predicted octanol–water partition coefficient (Wildman–Crippen LogP) is 2.61. The summed E-state index contributed by atoms with van der Waals surface area (Å²) in [6.07, 6.45) is 7.59. The van der Waals surface area contributed by atoms with Crippen molar-refractivity contribution in [2.24, 2.45) is 0 Å². The highest BCUT2D eigenvalue weighted by molar-refractivity contribution is 5.92. The summed E-state index contributed by atoms with van der Waals surface area (Å²) >= 11 is 0. The number of aromatic nitrogens is 2. The second kappa shape index (κ2) is 7.96. The van der Waals surface area contributed by atoms with E-state index in [1.807, 2.05) is 35.0 Å². The molecular weight excluding hydrogens is 320 g/mol. The van der Waals surface area contributed by atoms with Gasteiger partial charge in [0.2, 0.25) is 5.91 Å². The van der Waals surface area contributed by atoms with Crippen molar-refractivity contribution in [2.75, 3.05) is 11.9 Å². The van der Waals surface area contributed by atoms with E-state index in [9.17, 15) is 9.59 Å². The van der Waals surface area contributed by atoms with Gasteiger partial charge in [-0.2, -0.15) is 0 Å². The molecule has 0 aliphatic heterocycles. The molecule has 0 spiro atoms. The molecule has 25 heavy (non-hydrogen) atoms. The second-order valence-corrected chi connectivity index (χ2v) is 5.40. The third-order valence-electron chi connectivity index (χ3n) is 3.56. The minimum atomic E-state index is -0.277. The molecule has 0 atom stereocenters. The maximum absolute atomic E-state index is 11.9. The molecule has 2 amide bonds. The third-order valence-corrected chi connectivity index (χ3v) is 3.56. The Labute approximate surface area is 144 Å². The van der Waals surface area contributed by atoms with E-state index in [-0.39, 0.29) is 17.6 Å². The Morgan fingerprint density at radius 3 is 2.68 bits per heavy atom. The summed E-state index contributed by atoms with van der Waals surface area (Å²) in [4.78, 5) is 27.6. The number of rotatable bonds is 7. The van der Waals surface area contributed by atoms with Gasteiger partial charge in [-0.25, -0.2) is 4.98 Å². The van der Waals surface area contributed by atoms with Crippen LogP contribution in [-0.4, -0.2) is 27.9 Å². The van der Waals surface area contributed by atoms with Crippen LogP contribution in [0.5, 0.6) is 0 Å². The number of carbonyl (C=O) groups excluding carboxylic acids is 2. The first-order valence-electron chi connectivity index (χ1n) is 7.92. The first-order valence-corrected chi connectivity index (χ1v) is 7.92. The number of carbonyl (C=O) groups is 2. The van der Waals surface area contributed by atoms with Crippen LogP contribution in [0.15, 0.2) is 65.8 Å². The SMILES string of the molecule is O=C(CCCNC(=O)c1ccco1)Nc1ccc(-n2ccnc2)cc1. The Kier molecular flexibility index (Phi) is 5.26. The maximum Gasteiger partial charge on any atom is 0.286 e. The fourth-order valence-corrected chi connectivity index (χ4v) is 2.30. The van der Waals surface area contributed by atoms with E-state index in [0.717, 1.165) is 11.4 Å². The maximum atomic E-state index is 11.9. The van der Waals surface area contributed by atoms with Crippen molar-refractivity contribution in [1.29, 1.82) is 0 Å². The van der Waals surface area contributed by atoms with Gasteiger partial charge in [0.15, 0.2) is 5.76 Å². The smallest absolute Gasteiger partial charge is 0.286 e. The first kappa shape index (κ1) is 16.5. The molecule has 2 N–H and O–H groups in total. The molecule has 128 valence electrons. The Morgan fingerprint density at radius 1 is 1.16 bits per heavy atom. The van der Waals surface area contributed by atoms with Crippen LogP contribution in [0.25, 0.3) is 5.69 Å². The van der Waals surface area contributed by atoms with Gasteiger partial charge in [-0.05, 0) is 42.8 Å². The van der Waals surface area contributed by atoms with E-state index in [2.05, 4.69) is 15.6 Å². The van der Waals surface area contributed by atoms with Gasteiger partial charge in [0.25, 0.3) is 5.91 Å². The quantitative estimate of drug-likeness (QED) is 0.648. The van der Waals surface area contributed by atoms with Crippen molar-refractivity contribution in [3.8, 4) is 5.69 Å². The molecule has 2 heterocycles. The fraction of sp³-hybridized carbons (Fsp3) is 0.167. The fourth-order valence-electron chi connectivity index (χ4n) is 2.30. The molecule has 0 saturated carbocycles. The van der Waals surface area contributed by atoms with Crippen molar-refractivity contribution in [1.82, 2.24) is 14.9 Å². The van der Waals surface area contributed by atoms with Gasteiger partial charge in [0.1, 0.15) is 0 Å². The lowest BCUT2D eigenvalue weighted by molar-refractivity contribution is -0.116. The summed E-state index contributed by atoms with van der Waals surface area (Å²) in [5, 5.41) is 5.54. The topological polar surface area (TPSA) is 89.2 Å². The number of anilines is 1. The standard InChI is InChI=1S/C18H18N4O3/c23-17(4-1-9-20-18(24)16-3-2-12-25-16)21-14-5-7-15(8-6-14)22-11-10-19-13-22/h2-3,5-8,10-13H,1,4,9H2,(H,20,24)(H,21,23). The number of furan rings is 1. The van der Waals surface area contributed by atoms with Crippen LogP contribution in [-0.2, 0) is 4.79 Å². The van der Waals surface area contributed by atoms with Crippen LogP contribution in [0.4, 0.5) is 5.69 Å². The number of nitrogens with one attached hydrogen (secondary N) is 2. The minimum absolute atomic E-state index is 0.0948. The minimum Gasteiger partial charge on any atom is -0.459 e. The summed E-state index contributed by atoms with van der Waals surface area (Å²) in [5.41, 5.74) is 1.70. The van der Waals surface area contributed by atoms with Gasteiger partial charge in [-0.3, -0.25) is 9.59 Å². The van der Waals surface area contributed by atoms with E-state index in [1.165, 1.54) is 6.26 Å². The van der Waals surface area contributed by atoms with Crippen LogP contribution < -0.4 is 10.6 Å². The lowest BCUT2D eigenvalue weighted by Gasteiger charge is -2.07. The van der Waals surface area contributed by atoms with Gasteiger partial charge in [0.05, 0.1) is 12.6 Å². The zero-order chi connectivity index (χ0) is 17.5. The normalized spacial score (nSPS) is 10.4. The summed E-state index contributed by atoms with van der Waals surface area (Å²) in [5.74, 6) is -0.106. The van der Waals surface area contributed by atoms with Gasteiger partial charge >= 0.3 is 0 Å². The zero-order valence-corrected chi connectivity index (χ0v) is 13.5. The highest BCUT2D eigenvalue weighted by Gasteiger charge is 2.08. The van der Waals surface area contributed by atoms with Crippen molar-refractivity contribution in [3.63, 3.8) is 0 Å². The van der Waals surface area contributed by atoms with Crippen LogP contribution in [0.2, 0.25) is 0 Å². The van der Waals surface area contributed by atoms with Crippen molar-refractivity contribution >= 4 is 17.5 Å². The van der Waals surface area contributed by atoms with E-state index in [4.69, 9.17) is 4.42 Å². The number of nitrogens with zero attached hydrogens (tertiary/aromatic N) is 2. The third kappa shape index (κ3) is 4.57. The molecule has 0 radical (unpaired) electrons. The van der Waals surface area contributed by atoms with Gasteiger partial charge in [-0.1, -0.05) is 0 Å². The monoisotopic (exact) mass is 338 g/mol. The van der Waals surface area contributed by atoms with Gasteiger partial charge in [-0.15, -0.1) is 0 Å². The number of amides is 2. The zero-order valence-electron chi connectivity index (χ0n) is 13.5. The summed E-state index contributed by atoms with van der Waals surface area (Å²) in [6, 6.07) is 10.7. The van der Waals surface area contributed by atoms with Crippen LogP contribution >= 0.6 is 0 Å². The summed E-state index contributed by atoms with van der Waals surface area (Å²) < 4.78 is 6.87. The molecule has 3 aromatic rings. The summed E-state index contributed by atoms with van der Waals surface area (Å²) in [6.45, 7) is 0.409. The molecule has 0 fully saturated rings. The van der Waals surface area contributed by atoms with Gasteiger partial charge in [0, 0.05) is 36.7 Å². The summed E-state index contributed by atoms with van der Waals surface area (Å²) in [7, 11) is 0. The number of hydrogen-bond donors (Lipinski definition) is 2. The van der Waals surface area contributed by atoms with Crippen molar-refractivity contribution in [2.45, 2.75) is 12.8 Å². The van der Waals surface area contributed by atoms with Crippen LogP contribution in [0, 0.1) is 0 Å². The predicted molar refractivity (Wildman–Crippen MR) is 92.5 cm³/mol. The van der Waals surface area contributed by atoms with Crippen LogP contribution in [0.3, 0.4) is 0 Å². The highest BCUT2D eigenvalue weighted by atomic mass is 16.3. The number of hydrogen-bond acceptors (Lipinski definition) is 4. The molecular formula is C18H18N4O3. The van der Waals surface area contributed by atoms with Crippen molar-refractivity contribution < 1.29 is 14.0 Å². The number of imidazole rings is 1. The average Bonchev–Trinajstić information content (AvgIpc) is 3.32. The van der Waals surface area contributed by atoms with Gasteiger partial charge < -0.3 is 19.6 Å². The first-order chi connectivity index (χ1) is 12.2. The lowest BCUT2D eigenvalue weighted by Crippen LogP contribution is -2.25. The Bertz CT molecular complexity index is 809. The molecule has 7 heteroatoms. The average molecular weight is 338 g/mol. The van der Waals surface area contributed by atoms with E-state index in [0.29, 0.717) is 19.4 Å². The van der Waals surface area contributed by atoms with Crippen LogP contribution in [0.1, 0.15) is 23.4 Å². The highest BCUT2D eigenvalue weighted by Crippen LogP contribution is 2.13. The number of benzene rings is 1. The molecule has 7 nitrogen and oxygen atoms in total. The molecule has 2 aromatic heterocycles.